The van der Waals surface area contributed by atoms with Gasteiger partial charge >= 0.3 is 11.4 Å². The summed E-state index contributed by atoms with van der Waals surface area (Å²) in [4.78, 5) is 32.5. The lowest BCUT2D eigenvalue weighted by Gasteiger charge is -2.05. The van der Waals surface area contributed by atoms with Gasteiger partial charge in [0, 0.05) is 22.6 Å². The van der Waals surface area contributed by atoms with Crippen molar-refractivity contribution in [2.75, 3.05) is 5.33 Å². The number of fused-ring (bicyclic) bond motifs is 1. The molecule has 0 N–H and O–H groups in total. The molecule has 0 amide bonds. The summed E-state index contributed by atoms with van der Waals surface area (Å²) in [6, 6.07) is 3.22. The molecule has 0 bridgehead atoms. The molecule has 3 heterocycles. The molecular formula is C16H18BrN3O3S. The van der Waals surface area contributed by atoms with Crippen LogP contribution in [0.5, 0.6) is 0 Å². The van der Waals surface area contributed by atoms with Crippen LogP contribution in [-0.4, -0.2) is 19.9 Å². The Kier molecular flexibility index (Phi) is 6.86. The van der Waals surface area contributed by atoms with Crippen molar-refractivity contribution in [3.05, 3.63) is 55.4 Å². The van der Waals surface area contributed by atoms with Gasteiger partial charge in [0.2, 0.25) is 0 Å². The molecule has 0 aromatic carbocycles. The summed E-state index contributed by atoms with van der Waals surface area (Å²) in [5.41, 5.74) is -0.334. The first-order valence-electron chi connectivity index (χ1n) is 7.52. The molecule has 0 fully saturated rings. The Hall–Kier alpha value is -1.80. The number of thiazole rings is 1. The fourth-order valence-corrected chi connectivity index (χ4v) is 3.30. The van der Waals surface area contributed by atoms with Crippen molar-refractivity contribution in [3.63, 3.8) is 0 Å². The van der Waals surface area contributed by atoms with Crippen LogP contribution in [0.3, 0.4) is 0 Å². The number of halogens is 1. The minimum Gasteiger partial charge on any atom is -0.372 e. The Balaban J connectivity index is 0.000000368. The second kappa shape index (κ2) is 8.89. The van der Waals surface area contributed by atoms with Gasteiger partial charge < -0.3 is 4.42 Å². The maximum Gasteiger partial charge on any atom is 0.423 e. The third-order valence-corrected chi connectivity index (χ3v) is 4.59. The number of aromatic nitrogens is 3. The maximum absolute atomic E-state index is 11.8. The predicted octanol–water partition coefficient (Wildman–Crippen LogP) is 3.34. The number of nitrogens with zero attached hydrogens (tertiary/aromatic N) is 3. The molecule has 0 saturated heterocycles. The molecule has 8 heteroatoms. The van der Waals surface area contributed by atoms with Crippen molar-refractivity contribution in [2.45, 2.75) is 33.2 Å². The SMILES string of the molecule is CCCCBr.Cc1ncc(Cn2c(=O)oc(=O)c3cccnc32)s1. The first-order valence-corrected chi connectivity index (χ1v) is 9.46. The number of rotatable bonds is 4. The molecule has 3 aromatic heterocycles. The van der Waals surface area contributed by atoms with Crippen LogP contribution < -0.4 is 11.4 Å². The smallest absolute Gasteiger partial charge is 0.372 e. The summed E-state index contributed by atoms with van der Waals surface area (Å²) in [5, 5.41) is 2.37. The Morgan fingerprint density at radius 3 is 2.71 bits per heavy atom. The highest BCUT2D eigenvalue weighted by Crippen LogP contribution is 2.14. The monoisotopic (exact) mass is 411 g/mol. The van der Waals surface area contributed by atoms with Gasteiger partial charge in [0.05, 0.1) is 11.6 Å². The van der Waals surface area contributed by atoms with Crippen LogP contribution in [0.25, 0.3) is 11.0 Å². The van der Waals surface area contributed by atoms with Crippen molar-refractivity contribution in [3.8, 4) is 0 Å². The topological polar surface area (TPSA) is 78.0 Å². The Labute approximate surface area is 151 Å². The van der Waals surface area contributed by atoms with E-state index in [1.165, 1.54) is 34.9 Å². The van der Waals surface area contributed by atoms with Crippen LogP contribution in [0.4, 0.5) is 0 Å². The number of pyridine rings is 1. The van der Waals surface area contributed by atoms with E-state index in [-0.39, 0.29) is 0 Å². The minimum atomic E-state index is -0.706. The van der Waals surface area contributed by atoms with Gasteiger partial charge in [-0.3, -0.25) is 4.57 Å². The van der Waals surface area contributed by atoms with Crippen molar-refractivity contribution in [1.82, 2.24) is 14.5 Å². The first kappa shape index (κ1) is 18.5. The second-order valence-electron chi connectivity index (χ2n) is 5.00. The summed E-state index contributed by atoms with van der Waals surface area (Å²) in [6.45, 7) is 4.36. The van der Waals surface area contributed by atoms with Gasteiger partial charge in [0.1, 0.15) is 5.39 Å². The summed E-state index contributed by atoms with van der Waals surface area (Å²) in [5.74, 6) is -0.706. The highest BCUT2D eigenvalue weighted by Gasteiger charge is 2.11. The number of unbranched alkanes of at least 4 members (excludes halogenated alkanes) is 1. The van der Waals surface area contributed by atoms with E-state index in [0.717, 1.165) is 15.2 Å². The van der Waals surface area contributed by atoms with Crippen molar-refractivity contribution in [1.29, 1.82) is 0 Å². The number of aryl methyl sites for hydroxylation is 1. The van der Waals surface area contributed by atoms with E-state index < -0.39 is 11.4 Å². The quantitative estimate of drug-likeness (QED) is 0.615. The van der Waals surface area contributed by atoms with Crippen molar-refractivity contribution in [2.24, 2.45) is 0 Å². The van der Waals surface area contributed by atoms with Gasteiger partial charge in [-0.25, -0.2) is 19.6 Å². The predicted molar refractivity (Wildman–Crippen MR) is 99.2 cm³/mol. The maximum atomic E-state index is 11.8. The van der Waals surface area contributed by atoms with E-state index in [9.17, 15) is 9.59 Å². The molecule has 3 rings (SSSR count). The van der Waals surface area contributed by atoms with Gasteiger partial charge in [0.15, 0.2) is 5.65 Å². The van der Waals surface area contributed by atoms with Gasteiger partial charge in [-0.2, -0.15) is 0 Å². The normalized spacial score (nSPS) is 10.5. The van der Waals surface area contributed by atoms with E-state index in [0.29, 0.717) is 17.6 Å². The second-order valence-corrected chi connectivity index (χ2v) is 7.12. The third kappa shape index (κ3) is 4.61. The van der Waals surface area contributed by atoms with E-state index in [1.54, 1.807) is 18.3 Å². The number of hydrogen-bond acceptors (Lipinski definition) is 6. The molecule has 0 atom stereocenters. The van der Waals surface area contributed by atoms with Crippen LogP contribution in [0.1, 0.15) is 29.7 Å². The van der Waals surface area contributed by atoms with Crippen molar-refractivity contribution < 1.29 is 4.42 Å². The molecule has 0 radical (unpaired) electrons. The van der Waals surface area contributed by atoms with Crippen molar-refractivity contribution >= 4 is 38.3 Å². The highest BCUT2D eigenvalue weighted by molar-refractivity contribution is 9.09. The average Bonchev–Trinajstić information content (AvgIpc) is 2.98. The molecule has 0 aliphatic carbocycles. The largest absolute Gasteiger partial charge is 0.423 e. The Morgan fingerprint density at radius 1 is 1.33 bits per heavy atom. The van der Waals surface area contributed by atoms with Crippen LogP contribution in [0.2, 0.25) is 0 Å². The standard InChI is InChI=1S/C12H9N3O3S.C4H9Br/c1-7-14-5-8(19-7)6-15-10-9(3-2-4-13-10)11(16)18-12(15)17;1-2-3-4-5/h2-5H,6H2,1H3;2-4H2,1H3. The lowest BCUT2D eigenvalue weighted by Crippen LogP contribution is -2.25. The summed E-state index contributed by atoms with van der Waals surface area (Å²) >= 11 is 4.80. The minimum absolute atomic E-state index is 0.293. The van der Waals surface area contributed by atoms with E-state index in [4.69, 9.17) is 4.42 Å². The molecular weight excluding hydrogens is 394 g/mol. The van der Waals surface area contributed by atoms with Gasteiger partial charge in [-0.05, 0) is 25.5 Å². The first-order chi connectivity index (χ1) is 11.6. The highest BCUT2D eigenvalue weighted by atomic mass is 79.9. The fourth-order valence-electron chi connectivity index (χ4n) is 1.95. The van der Waals surface area contributed by atoms with Crippen LogP contribution in [-0.2, 0) is 6.54 Å². The lowest BCUT2D eigenvalue weighted by atomic mass is 10.3. The van der Waals surface area contributed by atoms with Gasteiger partial charge in [0.25, 0.3) is 0 Å². The molecule has 24 heavy (non-hydrogen) atoms. The van der Waals surface area contributed by atoms with Crippen LogP contribution in [0, 0.1) is 6.92 Å². The molecule has 3 aromatic rings. The van der Waals surface area contributed by atoms with E-state index in [2.05, 4.69) is 32.8 Å². The van der Waals surface area contributed by atoms with Crippen LogP contribution in [0.15, 0.2) is 38.5 Å². The summed E-state index contributed by atoms with van der Waals surface area (Å²) < 4.78 is 6.03. The molecule has 6 nitrogen and oxygen atoms in total. The zero-order valence-electron chi connectivity index (χ0n) is 13.5. The lowest BCUT2D eigenvalue weighted by molar-refractivity contribution is 0.424. The average molecular weight is 412 g/mol. The molecule has 0 aliphatic heterocycles. The third-order valence-electron chi connectivity index (χ3n) is 3.13. The molecule has 128 valence electrons. The van der Waals surface area contributed by atoms with Gasteiger partial charge in [-0.15, -0.1) is 11.3 Å². The molecule has 0 saturated carbocycles. The summed E-state index contributed by atoms with van der Waals surface area (Å²) in [7, 11) is 0. The Morgan fingerprint density at radius 2 is 2.12 bits per heavy atom. The van der Waals surface area contributed by atoms with E-state index >= 15 is 0 Å². The zero-order chi connectivity index (χ0) is 17.5. The zero-order valence-corrected chi connectivity index (χ0v) is 15.9. The molecule has 0 spiro atoms. The van der Waals surface area contributed by atoms with E-state index in [1.807, 2.05) is 6.92 Å². The van der Waals surface area contributed by atoms with Gasteiger partial charge in [-0.1, -0.05) is 29.3 Å². The molecule has 0 unspecified atom stereocenters. The fraction of sp³-hybridized carbons (Fsp3) is 0.375. The molecule has 0 aliphatic rings. The van der Waals surface area contributed by atoms with Crippen LogP contribution >= 0.6 is 27.3 Å². The Bertz CT molecular complexity index is 915. The summed E-state index contributed by atoms with van der Waals surface area (Å²) in [6.07, 6.45) is 5.84. The number of alkyl halides is 1. The number of hydrogen-bond donors (Lipinski definition) is 0.